The normalized spacial score (nSPS) is 17.4. The quantitative estimate of drug-likeness (QED) is 0.875. The molecule has 1 aromatic rings. The molecule has 1 aliphatic rings. The van der Waals surface area contributed by atoms with Crippen molar-refractivity contribution in [2.45, 2.75) is 53.1 Å². The van der Waals surface area contributed by atoms with Crippen LogP contribution < -0.4 is 5.32 Å². The molecule has 0 atom stereocenters. The maximum atomic E-state index is 4.61. The van der Waals surface area contributed by atoms with Gasteiger partial charge in [-0.3, -0.25) is 4.68 Å². The molecule has 2 rings (SSSR count). The summed E-state index contributed by atoms with van der Waals surface area (Å²) in [6.45, 7) is 9.61. The summed E-state index contributed by atoms with van der Waals surface area (Å²) in [6, 6.07) is 0. The first-order valence-electron chi connectivity index (χ1n) is 6.54. The van der Waals surface area contributed by atoms with Gasteiger partial charge < -0.3 is 5.32 Å². The number of hydrogen-bond donors (Lipinski definition) is 1. The first kappa shape index (κ1) is 13.1. The Morgan fingerprint density at radius 2 is 2.12 bits per heavy atom. The van der Waals surface area contributed by atoms with Crippen molar-refractivity contribution in [2.24, 2.45) is 5.41 Å². The number of nitrogens with zero attached hydrogens (tertiary/aromatic N) is 2. The van der Waals surface area contributed by atoms with Crippen LogP contribution in [0, 0.1) is 5.41 Å². The minimum Gasteiger partial charge on any atom is -0.311 e. The van der Waals surface area contributed by atoms with Gasteiger partial charge in [-0.15, -0.1) is 0 Å². The van der Waals surface area contributed by atoms with E-state index in [1.807, 2.05) is 0 Å². The molecule has 1 aromatic heterocycles. The van der Waals surface area contributed by atoms with Crippen molar-refractivity contribution in [3.05, 3.63) is 15.9 Å². The predicted octanol–water partition coefficient (Wildman–Crippen LogP) is 3.12. The summed E-state index contributed by atoms with van der Waals surface area (Å²) in [5.41, 5.74) is 3.02. The zero-order valence-corrected chi connectivity index (χ0v) is 12.6. The van der Waals surface area contributed by atoms with Gasteiger partial charge in [-0.05, 0) is 47.5 Å². The Bertz CT molecular complexity index is 394. The summed E-state index contributed by atoms with van der Waals surface area (Å²) >= 11 is 3.68. The molecule has 0 amide bonds. The Balaban J connectivity index is 2.00. The van der Waals surface area contributed by atoms with Crippen LogP contribution in [0.5, 0.6) is 0 Å². The highest BCUT2D eigenvalue weighted by molar-refractivity contribution is 9.10. The fourth-order valence-electron chi connectivity index (χ4n) is 2.06. The third kappa shape index (κ3) is 2.91. The standard InChI is InChI=1S/C13H22BrN3/c1-4-10-12(14)11(17(5-2)16-10)8-15-9-13(3)6-7-13/h15H,4-9H2,1-3H3. The van der Waals surface area contributed by atoms with Gasteiger partial charge in [0.2, 0.25) is 0 Å². The molecule has 1 fully saturated rings. The summed E-state index contributed by atoms with van der Waals surface area (Å²) in [5, 5.41) is 8.17. The number of aryl methyl sites for hydroxylation is 2. The van der Waals surface area contributed by atoms with E-state index in [0.717, 1.165) is 26.1 Å². The molecule has 1 aliphatic carbocycles. The largest absolute Gasteiger partial charge is 0.311 e. The Hall–Kier alpha value is -0.350. The number of hydrogen-bond acceptors (Lipinski definition) is 2. The van der Waals surface area contributed by atoms with Crippen LogP contribution in [0.15, 0.2) is 4.47 Å². The van der Waals surface area contributed by atoms with Crippen molar-refractivity contribution in [1.82, 2.24) is 15.1 Å². The zero-order chi connectivity index (χ0) is 12.5. The van der Waals surface area contributed by atoms with Crippen molar-refractivity contribution in [3.63, 3.8) is 0 Å². The lowest BCUT2D eigenvalue weighted by atomic mass is 10.1. The smallest absolute Gasteiger partial charge is 0.0767 e. The van der Waals surface area contributed by atoms with Crippen LogP contribution in [0.1, 0.15) is 45.0 Å². The van der Waals surface area contributed by atoms with Crippen molar-refractivity contribution >= 4 is 15.9 Å². The number of nitrogens with one attached hydrogen (secondary N) is 1. The monoisotopic (exact) mass is 299 g/mol. The van der Waals surface area contributed by atoms with E-state index in [1.54, 1.807) is 0 Å². The van der Waals surface area contributed by atoms with Gasteiger partial charge in [-0.25, -0.2) is 0 Å². The number of halogens is 1. The maximum Gasteiger partial charge on any atom is 0.0767 e. The molecule has 0 spiro atoms. The molecule has 96 valence electrons. The van der Waals surface area contributed by atoms with Gasteiger partial charge in [0.25, 0.3) is 0 Å². The molecule has 1 N–H and O–H groups in total. The van der Waals surface area contributed by atoms with Crippen LogP contribution in [-0.4, -0.2) is 16.3 Å². The third-order valence-electron chi connectivity index (χ3n) is 3.64. The molecule has 1 heterocycles. The van der Waals surface area contributed by atoms with Gasteiger partial charge in [0, 0.05) is 19.6 Å². The minimum atomic E-state index is 0.567. The molecule has 4 heteroatoms. The summed E-state index contributed by atoms with van der Waals surface area (Å²) in [4.78, 5) is 0. The van der Waals surface area contributed by atoms with Gasteiger partial charge in [-0.1, -0.05) is 13.8 Å². The molecular weight excluding hydrogens is 278 g/mol. The fourth-order valence-corrected chi connectivity index (χ4v) is 2.76. The van der Waals surface area contributed by atoms with E-state index in [2.05, 4.69) is 51.8 Å². The molecule has 0 aromatic carbocycles. The van der Waals surface area contributed by atoms with Crippen LogP contribution in [0.25, 0.3) is 0 Å². The van der Waals surface area contributed by atoms with Crippen LogP contribution in [0.2, 0.25) is 0 Å². The van der Waals surface area contributed by atoms with E-state index in [-0.39, 0.29) is 0 Å². The Kier molecular flexibility index (Phi) is 3.93. The summed E-state index contributed by atoms with van der Waals surface area (Å²) < 4.78 is 3.29. The maximum absolute atomic E-state index is 4.61. The predicted molar refractivity (Wildman–Crippen MR) is 74.0 cm³/mol. The second kappa shape index (κ2) is 5.11. The van der Waals surface area contributed by atoms with Crippen LogP contribution in [0.3, 0.4) is 0 Å². The fraction of sp³-hybridized carbons (Fsp3) is 0.769. The van der Waals surface area contributed by atoms with E-state index in [0.29, 0.717) is 5.41 Å². The second-order valence-electron chi connectivity index (χ2n) is 5.29. The van der Waals surface area contributed by atoms with E-state index < -0.39 is 0 Å². The lowest BCUT2D eigenvalue weighted by Crippen LogP contribution is -2.23. The molecule has 17 heavy (non-hydrogen) atoms. The summed E-state index contributed by atoms with van der Waals surface area (Å²) in [7, 11) is 0. The summed E-state index contributed by atoms with van der Waals surface area (Å²) in [6.07, 6.45) is 3.72. The van der Waals surface area contributed by atoms with Crippen LogP contribution >= 0.6 is 15.9 Å². The molecule has 0 unspecified atom stereocenters. The second-order valence-corrected chi connectivity index (χ2v) is 6.08. The lowest BCUT2D eigenvalue weighted by Gasteiger charge is -2.11. The third-order valence-corrected chi connectivity index (χ3v) is 4.56. The minimum absolute atomic E-state index is 0.567. The van der Waals surface area contributed by atoms with Crippen molar-refractivity contribution < 1.29 is 0 Å². The van der Waals surface area contributed by atoms with Crippen LogP contribution in [-0.2, 0) is 19.5 Å². The lowest BCUT2D eigenvalue weighted by molar-refractivity contribution is 0.484. The highest BCUT2D eigenvalue weighted by atomic mass is 79.9. The zero-order valence-electron chi connectivity index (χ0n) is 11.0. The molecule has 1 saturated carbocycles. The first-order chi connectivity index (χ1) is 8.09. The molecule has 0 aliphatic heterocycles. The topological polar surface area (TPSA) is 29.9 Å². The van der Waals surface area contributed by atoms with Crippen LogP contribution in [0.4, 0.5) is 0 Å². The van der Waals surface area contributed by atoms with E-state index in [9.17, 15) is 0 Å². The Morgan fingerprint density at radius 3 is 2.65 bits per heavy atom. The SMILES string of the molecule is CCc1nn(CC)c(CNCC2(C)CC2)c1Br. The number of aromatic nitrogens is 2. The average Bonchev–Trinajstić information content (AvgIpc) is 2.97. The van der Waals surface area contributed by atoms with Crippen molar-refractivity contribution in [3.8, 4) is 0 Å². The van der Waals surface area contributed by atoms with E-state index in [4.69, 9.17) is 0 Å². The molecule has 0 radical (unpaired) electrons. The highest BCUT2D eigenvalue weighted by Gasteiger charge is 2.36. The number of rotatable bonds is 6. The Labute approximate surface area is 112 Å². The van der Waals surface area contributed by atoms with Crippen molar-refractivity contribution in [1.29, 1.82) is 0 Å². The average molecular weight is 300 g/mol. The Morgan fingerprint density at radius 1 is 1.41 bits per heavy atom. The summed E-state index contributed by atoms with van der Waals surface area (Å²) in [5.74, 6) is 0. The molecule has 0 bridgehead atoms. The van der Waals surface area contributed by atoms with Crippen molar-refractivity contribution in [2.75, 3.05) is 6.54 Å². The van der Waals surface area contributed by atoms with E-state index >= 15 is 0 Å². The van der Waals surface area contributed by atoms with Gasteiger partial charge in [0.05, 0.1) is 15.9 Å². The first-order valence-corrected chi connectivity index (χ1v) is 7.33. The van der Waals surface area contributed by atoms with Gasteiger partial charge >= 0.3 is 0 Å². The van der Waals surface area contributed by atoms with E-state index in [1.165, 1.54) is 28.7 Å². The van der Waals surface area contributed by atoms with Gasteiger partial charge in [0.15, 0.2) is 0 Å². The molecule has 0 saturated heterocycles. The molecular formula is C13H22BrN3. The molecule has 3 nitrogen and oxygen atoms in total. The van der Waals surface area contributed by atoms with Gasteiger partial charge in [0.1, 0.15) is 0 Å². The van der Waals surface area contributed by atoms with Gasteiger partial charge in [-0.2, -0.15) is 5.10 Å². The highest BCUT2D eigenvalue weighted by Crippen LogP contribution is 2.44.